The van der Waals surface area contributed by atoms with E-state index in [1.165, 1.54) is 0 Å². The molecule has 3 aromatic rings. The second-order valence-corrected chi connectivity index (χ2v) is 8.36. The van der Waals surface area contributed by atoms with Gasteiger partial charge in [-0.05, 0) is 82.5 Å². The lowest BCUT2D eigenvalue weighted by Gasteiger charge is -2.06. The number of cyclic esters (lactones) is 1. The predicted molar refractivity (Wildman–Crippen MR) is 133 cm³/mol. The average Bonchev–Trinajstić information content (AvgIpc) is 3.21. The van der Waals surface area contributed by atoms with E-state index in [0.29, 0.717) is 28.0 Å². The van der Waals surface area contributed by atoms with Crippen molar-refractivity contribution in [3.05, 3.63) is 99.7 Å². The molecule has 0 aromatic heterocycles. The van der Waals surface area contributed by atoms with Crippen molar-refractivity contribution in [1.29, 1.82) is 0 Å². The van der Waals surface area contributed by atoms with E-state index in [9.17, 15) is 9.59 Å². The van der Waals surface area contributed by atoms with Crippen LogP contribution < -0.4 is 9.47 Å². The van der Waals surface area contributed by atoms with Crippen LogP contribution in [0.3, 0.4) is 0 Å². The van der Waals surface area contributed by atoms with Crippen molar-refractivity contribution < 1.29 is 23.8 Å². The summed E-state index contributed by atoms with van der Waals surface area (Å²) >= 11 is 3.34. The molecular formula is C27H22BrNO5. The Balaban J connectivity index is 1.43. The number of aliphatic imine (C=N–C) groups is 1. The molecule has 172 valence electrons. The fourth-order valence-electron chi connectivity index (χ4n) is 3.14. The van der Waals surface area contributed by atoms with Gasteiger partial charge in [-0.3, -0.25) is 0 Å². The lowest BCUT2D eigenvalue weighted by Crippen LogP contribution is -2.09. The normalized spacial score (nSPS) is 14.0. The number of nitrogens with zero attached hydrogens (tertiary/aromatic N) is 1. The SMILES string of the molecule is CCCCOc1ccc(C2=N/C(=C\c3ccc(OC(=O)c4ccccc4Br)cc3)C(=O)O2)cc1. The molecule has 4 rings (SSSR count). The van der Waals surface area contributed by atoms with Gasteiger partial charge in [0.25, 0.3) is 0 Å². The summed E-state index contributed by atoms with van der Waals surface area (Å²) in [6, 6.07) is 21.1. The van der Waals surface area contributed by atoms with Crippen LogP contribution in [-0.2, 0) is 9.53 Å². The first kappa shape index (κ1) is 23.4. The molecule has 0 radical (unpaired) electrons. The van der Waals surface area contributed by atoms with Gasteiger partial charge in [0.2, 0.25) is 5.90 Å². The molecule has 0 N–H and O–H groups in total. The Morgan fingerprint density at radius 3 is 2.41 bits per heavy atom. The highest BCUT2D eigenvalue weighted by molar-refractivity contribution is 9.10. The van der Waals surface area contributed by atoms with Crippen LogP contribution in [0, 0.1) is 0 Å². The number of rotatable bonds is 8. The van der Waals surface area contributed by atoms with E-state index in [2.05, 4.69) is 27.8 Å². The molecule has 0 unspecified atom stereocenters. The quantitative estimate of drug-likeness (QED) is 0.153. The van der Waals surface area contributed by atoms with Gasteiger partial charge in [-0.15, -0.1) is 0 Å². The largest absolute Gasteiger partial charge is 0.494 e. The van der Waals surface area contributed by atoms with E-state index in [0.717, 1.165) is 24.2 Å². The predicted octanol–water partition coefficient (Wildman–Crippen LogP) is 6.19. The monoisotopic (exact) mass is 519 g/mol. The molecule has 3 aromatic carbocycles. The van der Waals surface area contributed by atoms with Crippen molar-refractivity contribution in [2.45, 2.75) is 19.8 Å². The van der Waals surface area contributed by atoms with Crippen LogP contribution in [0.5, 0.6) is 11.5 Å². The summed E-state index contributed by atoms with van der Waals surface area (Å²) in [6.07, 6.45) is 3.69. The summed E-state index contributed by atoms with van der Waals surface area (Å²) < 4.78 is 17.1. The summed E-state index contributed by atoms with van der Waals surface area (Å²) in [6.45, 7) is 2.78. The topological polar surface area (TPSA) is 74.2 Å². The van der Waals surface area contributed by atoms with Crippen LogP contribution >= 0.6 is 15.9 Å². The van der Waals surface area contributed by atoms with Crippen molar-refractivity contribution in [1.82, 2.24) is 0 Å². The summed E-state index contributed by atoms with van der Waals surface area (Å²) in [4.78, 5) is 29.0. The Labute approximate surface area is 206 Å². The molecule has 0 atom stereocenters. The maximum atomic E-state index is 12.3. The Morgan fingerprint density at radius 1 is 1.00 bits per heavy atom. The maximum absolute atomic E-state index is 12.3. The van der Waals surface area contributed by atoms with Crippen LogP contribution in [0.2, 0.25) is 0 Å². The van der Waals surface area contributed by atoms with Crippen LogP contribution in [-0.4, -0.2) is 24.4 Å². The third kappa shape index (κ3) is 5.80. The summed E-state index contributed by atoms with van der Waals surface area (Å²) in [5.74, 6) is 0.410. The molecule has 0 spiro atoms. The first-order valence-electron chi connectivity index (χ1n) is 10.9. The van der Waals surface area contributed by atoms with Gasteiger partial charge < -0.3 is 14.2 Å². The third-order valence-corrected chi connectivity index (χ3v) is 5.67. The molecule has 34 heavy (non-hydrogen) atoms. The zero-order valence-corrected chi connectivity index (χ0v) is 20.1. The Kier molecular flexibility index (Phi) is 7.54. The lowest BCUT2D eigenvalue weighted by molar-refractivity contribution is -0.129. The van der Waals surface area contributed by atoms with E-state index < -0.39 is 11.9 Å². The Bertz CT molecular complexity index is 1250. The smallest absolute Gasteiger partial charge is 0.363 e. The van der Waals surface area contributed by atoms with Crippen LogP contribution in [0.4, 0.5) is 0 Å². The summed E-state index contributed by atoms with van der Waals surface area (Å²) in [5, 5.41) is 0. The van der Waals surface area contributed by atoms with Gasteiger partial charge >= 0.3 is 11.9 Å². The number of hydrogen-bond donors (Lipinski definition) is 0. The van der Waals surface area contributed by atoms with Gasteiger partial charge in [0.15, 0.2) is 5.70 Å². The van der Waals surface area contributed by atoms with Gasteiger partial charge in [0.1, 0.15) is 11.5 Å². The van der Waals surface area contributed by atoms with Crippen molar-refractivity contribution in [2.24, 2.45) is 4.99 Å². The van der Waals surface area contributed by atoms with Crippen LogP contribution in [0.15, 0.2) is 88.0 Å². The van der Waals surface area contributed by atoms with Gasteiger partial charge in [-0.25, -0.2) is 14.6 Å². The molecule has 1 heterocycles. The molecule has 0 amide bonds. The molecule has 1 aliphatic rings. The highest BCUT2D eigenvalue weighted by Gasteiger charge is 2.24. The summed E-state index contributed by atoms with van der Waals surface area (Å²) in [5.41, 5.74) is 2.03. The lowest BCUT2D eigenvalue weighted by atomic mass is 10.2. The van der Waals surface area contributed by atoms with E-state index in [-0.39, 0.29) is 11.6 Å². The molecular weight excluding hydrogens is 498 g/mol. The number of halogens is 1. The molecule has 0 saturated carbocycles. The number of carbonyl (C=O) groups is 2. The molecule has 0 fully saturated rings. The molecule has 0 aliphatic carbocycles. The van der Waals surface area contributed by atoms with Crippen LogP contribution in [0.1, 0.15) is 41.3 Å². The van der Waals surface area contributed by atoms with E-state index in [4.69, 9.17) is 14.2 Å². The Hall–Kier alpha value is -3.71. The van der Waals surface area contributed by atoms with E-state index >= 15 is 0 Å². The van der Waals surface area contributed by atoms with Crippen molar-refractivity contribution in [3.63, 3.8) is 0 Å². The first-order valence-corrected chi connectivity index (χ1v) is 11.7. The second kappa shape index (κ2) is 10.9. The van der Waals surface area contributed by atoms with Crippen molar-refractivity contribution in [2.75, 3.05) is 6.61 Å². The zero-order chi connectivity index (χ0) is 23.9. The standard InChI is InChI=1S/C27H22BrNO5/c1-2-3-16-32-20-14-10-19(11-15-20)25-29-24(27(31)34-25)17-18-8-12-21(13-9-18)33-26(30)22-6-4-5-7-23(22)28/h4-15,17H,2-3,16H2,1H3/b24-17-. The molecule has 6 nitrogen and oxygen atoms in total. The molecule has 0 bridgehead atoms. The van der Waals surface area contributed by atoms with Gasteiger partial charge in [-0.2, -0.15) is 0 Å². The number of carbonyl (C=O) groups excluding carboxylic acids is 2. The van der Waals surface area contributed by atoms with Gasteiger partial charge in [0, 0.05) is 10.0 Å². The fraction of sp³-hybridized carbons (Fsp3) is 0.148. The maximum Gasteiger partial charge on any atom is 0.363 e. The zero-order valence-electron chi connectivity index (χ0n) is 18.5. The van der Waals surface area contributed by atoms with Crippen molar-refractivity contribution in [3.8, 4) is 11.5 Å². The van der Waals surface area contributed by atoms with E-state index in [1.54, 1.807) is 48.5 Å². The Morgan fingerprint density at radius 2 is 1.71 bits per heavy atom. The fourth-order valence-corrected chi connectivity index (χ4v) is 3.59. The molecule has 1 aliphatic heterocycles. The molecule has 0 saturated heterocycles. The first-order chi connectivity index (χ1) is 16.5. The second-order valence-electron chi connectivity index (χ2n) is 7.50. The number of benzene rings is 3. The van der Waals surface area contributed by atoms with E-state index in [1.807, 2.05) is 30.3 Å². The number of ether oxygens (including phenoxy) is 3. The minimum Gasteiger partial charge on any atom is -0.494 e. The highest BCUT2D eigenvalue weighted by atomic mass is 79.9. The minimum atomic E-state index is -0.525. The third-order valence-electron chi connectivity index (χ3n) is 4.98. The number of unbranched alkanes of at least 4 members (excludes halogenated alkanes) is 1. The van der Waals surface area contributed by atoms with Crippen molar-refractivity contribution >= 4 is 39.8 Å². The van der Waals surface area contributed by atoms with Gasteiger partial charge in [-0.1, -0.05) is 37.6 Å². The van der Waals surface area contributed by atoms with Gasteiger partial charge in [0.05, 0.1) is 12.2 Å². The summed E-state index contributed by atoms with van der Waals surface area (Å²) in [7, 11) is 0. The number of esters is 2. The van der Waals surface area contributed by atoms with Crippen LogP contribution in [0.25, 0.3) is 6.08 Å². The minimum absolute atomic E-state index is 0.191. The average molecular weight is 520 g/mol. The highest BCUT2D eigenvalue weighted by Crippen LogP contribution is 2.23. The molecule has 7 heteroatoms. The number of hydrogen-bond acceptors (Lipinski definition) is 6.